The lowest BCUT2D eigenvalue weighted by atomic mass is 10.1. The molecule has 0 bridgehead atoms. The molecule has 0 fully saturated rings. The monoisotopic (exact) mass is 385 g/mol. The summed E-state index contributed by atoms with van der Waals surface area (Å²) in [6, 6.07) is 13.0. The average molecular weight is 385 g/mol. The minimum atomic E-state index is -0.375. The van der Waals surface area contributed by atoms with Gasteiger partial charge in [0.2, 0.25) is 0 Å². The molecule has 0 saturated heterocycles. The molecular formula is C19H16FN3O3S. The Labute approximate surface area is 159 Å². The van der Waals surface area contributed by atoms with Crippen molar-refractivity contribution in [2.45, 2.75) is 11.3 Å². The number of fused-ring (bicyclic) bond motifs is 1. The SMILES string of the molecule is Cn1c(SCC(=O)c2ccc(F)cc2)nnc1[C@H]1COc2ccccc2O1. The van der Waals surface area contributed by atoms with Crippen molar-refractivity contribution in [2.75, 3.05) is 12.4 Å². The number of nitrogens with zero attached hydrogens (tertiary/aromatic N) is 3. The lowest BCUT2D eigenvalue weighted by molar-refractivity contribution is 0.0825. The van der Waals surface area contributed by atoms with Crippen LogP contribution in [-0.2, 0) is 7.05 Å². The van der Waals surface area contributed by atoms with Gasteiger partial charge in [-0.25, -0.2) is 4.39 Å². The maximum atomic E-state index is 13.0. The van der Waals surface area contributed by atoms with Crippen LogP contribution in [0, 0.1) is 5.82 Å². The summed E-state index contributed by atoms with van der Waals surface area (Å²) in [5, 5.41) is 8.96. The van der Waals surface area contributed by atoms with Crippen LogP contribution in [0.3, 0.4) is 0 Å². The molecule has 1 aliphatic heterocycles. The molecule has 8 heteroatoms. The molecule has 0 amide bonds. The number of thioether (sulfide) groups is 1. The first-order chi connectivity index (χ1) is 13.1. The van der Waals surface area contributed by atoms with Crippen molar-refractivity contribution in [1.29, 1.82) is 0 Å². The predicted molar refractivity (Wildman–Crippen MR) is 97.8 cm³/mol. The zero-order valence-corrected chi connectivity index (χ0v) is 15.3. The summed E-state index contributed by atoms with van der Waals surface area (Å²) in [5.74, 6) is 1.71. The van der Waals surface area contributed by atoms with E-state index in [-0.39, 0.29) is 23.5 Å². The van der Waals surface area contributed by atoms with Crippen molar-refractivity contribution >= 4 is 17.5 Å². The Hall–Kier alpha value is -2.87. The molecule has 0 radical (unpaired) electrons. The summed E-state index contributed by atoms with van der Waals surface area (Å²) in [5.41, 5.74) is 0.465. The third kappa shape index (κ3) is 3.66. The molecule has 27 heavy (non-hydrogen) atoms. The van der Waals surface area contributed by atoms with Crippen LogP contribution in [0.4, 0.5) is 4.39 Å². The molecule has 3 aromatic rings. The Balaban J connectivity index is 1.43. The molecule has 0 unspecified atom stereocenters. The number of hydrogen-bond acceptors (Lipinski definition) is 6. The van der Waals surface area contributed by atoms with Crippen LogP contribution in [0.1, 0.15) is 22.3 Å². The molecule has 0 aliphatic carbocycles. The van der Waals surface area contributed by atoms with E-state index in [4.69, 9.17) is 9.47 Å². The topological polar surface area (TPSA) is 66.2 Å². The Morgan fingerprint density at radius 1 is 1.19 bits per heavy atom. The van der Waals surface area contributed by atoms with Crippen molar-refractivity contribution < 1.29 is 18.7 Å². The quantitative estimate of drug-likeness (QED) is 0.495. The Bertz CT molecular complexity index is 975. The van der Waals surface area contributed by atoms with Gasteiger partial charge in [0.05, 0.1) is 5.75 Å². The number of Topliss-reactive ketones (excluding diaryl/α,β-unsaturated/α-hetero) is 1. The normalized spacial score (nSPS) is 15.6. The Morgan fingerprint density at radius 3 is 2.70 bits per heavy atom. The fourth-order valence-electron chi connectivity index (χ4n) is 2.73. The number of carbonyl (C=O) groups excluding carboxylic acids is 1. The van der Waals surface area contributed by atoms with E-state index in [2.05, 4.69) is 10.2 Å². The van der Waals surface area contributed by atoms with E-state index in [1.807, 2.05) is 31.3 Å². The zero-order chi connectivity index (χ0) is 18.8. The van der Waals surface area contributed by atoms with Crippen molar-refractivity contribution in [3.8, 4) is 11.5 Å². The van der Waals surface area contributed by atoms with Crippen LogP contribution < -0.4 is 9.47 Å². The maximum Gasteiger partial charge on any atom is 0.192 e. The van der Waals surface area contributed by atoms with Gasteiger partial charge in [-0.1, -0.05) is 23.9 Å². The number of benzene rings is 2. The molecule has 6 nitrogen and oxygen atoms in total. The molecule has 0 N–H and O–H groups in total. The van der Waals surface area contributed by atoms with Gasteiger partial charge >= 0.3 is 0 Å². The highest BCUT2D eigenvalue weighted by atomic mass is 32.2. The fourth-order valence-corrected chi connectivity index (χ4v) is 3.54. The predicted octanol–water partition coefficient (Wildman–Crippen LogP) is 3.44. The summed E-state index contributed by atoms with van der Waals surface area (Å²) in [7, 11) is 1.82. The fraction of sp³-hybridized carbons (Fsp3) is 0.211. The minimum Gasteiger partial charge on any atom is -0.485 e. The average Bonchev–Trinajstić information content (AvgIpc) is 3.06. The number of rotatable bonds is 5. The van der Waals surface area contributed by atoms with Gasteiger partial charge in [-0.2, -0.15) is 0 Å². The van der Waals surface area contributed by atoms with Crippen LogP contribution in [0.5, 0.6) is 11.5 Å². The first-order valence-electron chi connectivity index (χ1n) is 8.31. The lowest BCUT2D eigenvalue weighted by Gasteiger charge is -2.25. The Kier molecular flexibility index (Phi) is 4.81. The van der Waals surface area contributed by atoms with Gasteiger partial charge in [0.1, 0.15) is 12.4 Å². The van der Waals surface area contributed by atoms with Gasteiger partial charge in [-0.3, -0.25) is 4.79 Å². The molecule has 0 saturated carbocycles. The number of ketones is 1. The molecule has 1 atom stereocenters. The molecule has 1 aromatic heterocycles. The number of aromatic nitrogens is 3. The number of carbonyl (C=O) groups is 1. The number of ether oxygens (including phenoxy) is 2. The number of hydrogen-bond donors (Lipinski definition) is 0. The van der Waals surface area contributed by atoms with Crippen molar-refractivity contribution in [2.24, 2.45) is 7.05 Å². The van der Waals surface area contributed by atoms with E-state index in [0.717, 1.165) is 0 Å². The van der Waals surface area contributed by atoms with Crippen LogP contribution in [0.25, 0.3) is 0 Å². The van der Waals surface area contributed by atoms with E-state index in [9.17, 15) is 9.18 Å². The van der Waals surface area contributed by atoms with Gasteiger partial charge < -0.3 is 14.0 Å². The second-order valence-electron chi connectivity index (χ2n) is 5.98. The highest BCUT2D eigenvalue weighted by Crippen LogP contribution is 2.35. The first kappa shape index (κ1) is 17.5. The first-order valence-corrected chi connectivity index (χ1v) is 9.29. The van der Waals surface area contributed by atoms with Crippen molar-refractivity contribution in [3.05, 3.63) is 65.7 Å². The largest absolute Gasteiger partial charge is 0.485 e. The van der Waals surface area contributed by atoms with Gasteiger partial charge in [-0.15, -0.1) is 10.2 Å². The van der Waals surface area contributed by atoms with Crippen LogP contribution in [-0.4, -0.2) is 32.9 Å². The minimum absolute atomic E-state index is 0.101. The second-order valence-corrected chi connectivity index (χ2v) is 6.93. The zero-order valence-electron chi connectivity index (χ0n) is 14.5. The van der Waals surface area contributed by atoms with E-state index in [1.165, 1.54) is 36.0 Å². The van der Waals surface area contributed by atoms with E-state index in [1.54, 1.807) is 4.57 Å². The summed E-state index contributed by atoms with van der Waals surface area (Å²) < 4.78 is 26.4. The second kappa shape index (κ2) is 7.40. The van der Waals surface area contributed by atoms with E-state index in [0.29, 0.717) is 34.7 Å². The molecule has 2 heterocycles. The van der Waals surface area contributed by atoms with Gasteiger partial charge in [0, 0.05) is 12.6 Å². The van der Waals surface area contributed by atoms with E-state index < -0.39 is 0 Å². The van der Waals surface area contributed by atoms with Crippen molar-refractivity contribution in [1.82, 2.24) is 14.8 Å². The number of halogens is 1. The standard InChI is InChI=1S/C19H16FN3O3S/c1-23-18(17-10-25-15-4-2-3-5-16(15)26-17)21-22-19(23)27-11-14(24)12-6-8-13(20)9-7-12/h2-9,17H,10-11H2,1H3/t17-/m1/s1. The lowest BCUT2D eigenvalue weighted by Crippen LogP contribution is -2.24. The number of para-hydroxylation sites is 2. The third-order valence-electron chi connectivity index (χ3n) is 4.16. The maximum absolute atomic E-state index is 13.0. The third-order valence-corrected chi connectivity index (χ3v) is 5.18. The van der Waals surface area contributed by atoms with Gasteiger partial charge in [0.15, 0.2) is 34.4 Å². The molecular weight excluding hydrogens is 369 g/mol. The van der Waals surface area contributed by atoms with Gasteiger partial charge in [0.25, 0.3) is 0 Å². The van der Waals surface area contributed by atoms with E-state index >= 15 is 0 Å². The smallest absolute Gasteiger partial charge is 0.192 e. The highest BCUT2D eigenvalue weighted by molar-refractivity contribution is 7.99. The van der Waals surface area contributed by atoms with Crippen LogP contribution in [0.2, 0.25) is 0 Å². The molecule has 138 valence electrons. The summed E-state index contributed by atoms with van der Waals surface area (Å²) >= 11 is 1.27. The molecule has 2 aromatic carbocycles. The summed E-state index contributed by atoms with van der Waals surface area (Å²) in [4.78, 5) is 12.2. The van der Waals surface area contributed by atoms with Gasteiger partial charge in [-0.05, 0) is 36.4 Å². The highest BCUT2D eigenvalue weighted by Gasteiger charge is 2.27. The van der Waals surface area contributed by atoms with Crippen molar-refractivity contribution in [3.63, 3.8) is 0 Å². The van der Waals surface area contributed by atoms with Crippen LogP contribution in [0.15, 0.2) is 53.7 Å². The van der Waals surface area contributed by atoms with Crippen LogP contribution >= 0.6 is 11.8 Å². The summed E-state index contributed by atoms with van der Waals surface area (Å²) in [6.45, 7) is 0.335. The Morgan fingerprint density at radius 2 is 1.93 bits per heavy atom. The summed E-state index contributed by atoms with van der Waals surface area (Å²) in [6.07, 6.45) is -0.375. The molecule has 4 rings (SSSR count). The molecule has 0 spiro atoms. The molecule has 1 aliphatic rings.